The van der Waals surface area contributed by atoms with Gasteiger partial charge in [-0.2, -0.15) is 0 Å². The number of hydrogen-bond donors (Lipinski definition) is 4. The molecule has 0 unspecified atom stereocenters. The van der Waals surface area contributed by atoms with Gasteiger partial charge in [0.1, 0.15) is 31.0 Å². The van der Waals surface area contributed by atoms with Crippen LogP contribution in [-0.4, -0.2) is 89.0 Å². The second-order valence-electron chi connectivity index (χ2n) is 15.5. The van der Waals surface area contributed by atoms with Crippen LogP contribution in [0.25, 0.3) is 0 Å². The maximum Gasteiger partial charge on any atom is 0.306 e. The average molecular weight is 759 g/mol. The van der Waals surface area contributed by atoms with Gasteiger partial charge in [0.15, 0.2) is 12.4 Å². The van der Waals surface area contributed by atoms with Crippen molar-refractivity contribution in [2.45, 2.75) is 243 Å². The minimum absolute atomic E-state index is 0.158. The van der Waals surface area contributed by atoms with Crippen LogP contribution in [0.4, 0.5) is 0 Å². The van der Waals surface area contributed by atoms with E-state index in [1.165, 1.54) is 135 Å². The molecule has 0 radical (unpaired) electrons. The maximum absolute atomic E-state index is 12.7. The molecule has 1 heterocycles. The molecule has 1 aliphatic heterocycles. The highest BCUT2D eigenvalue weighted by molar-refractivity contribution is 5.69. The van der Waals surface area contributed by atoms with E-state index in [2.05, 4.69) is 13.8 Å². The van der Waals surface area contributed by atoms with E-state index in [0.29, 0.717) is 6.42 Å². The Balaban J connectivity index is 2.20. The van der Waals surface area contributed by atoms with E-state index in [-0.39, 0.29) is 32.0 Å². The molecule has 0 saturated carbocycles. The number of unbranched alkanes of at least 4 members (excludes halogenated alkanes) is 26. The molecule has 10 nitrogen and oxygen atoms in total. The molecule has 4 N–H and O–H groups in total. The summed E-state index contributed by atoms with van der Waals surface area (Å²) in [6.45, 7) is 3.31. The Morgan fingerprint density at radius 1 is 0.547 bits per heavy atom. The van der Waals surface area contributed by atoms with Crippen LogP contribution < -0.4 is 0 Å². The highest BCUT2D eigenvalue weighted by Crippen LogP contribution is 2.26. The fourth-order valence-corrected chi connectivity index (χ4v) is 6.97. The summed E-state index contributed by atoms with van der Waals surface area (Å²) in [4.78, 5) is 24.9. The van der Waals surface area contributed by atoms with Crippen LogP contribution in [0.15, 0.2) is 0 Å². The highest BCUT2D eigenvalue weighted by atomic mass is 16.7. The zero-order valence-corrected chi connectivity index (χ0v) is 34.0. The summed E-state index contributed by atoms with van der Waals surface area (Å²) in [6, 6.07) is 0. The first-order valence-electron chi connectivity index (χ1n) is 22.1. The summed E-state index contributed by atoms with van der Waals surface area (Å²) in [5.41, 5.74) is 0. The van der Waals surface area contributed by atoms with Crippen molar-refractivity contribution in [2.75, 3.05) is 19.8 Å². The minimum Gasteiger partial charge on any atom is -0.463 e. The van der Waals surface area contributed by atoms with E-state index >= 15 is 0 Å². The van der Waals surface area contributed by atoms with Gasteiger partial charge in [-0.15, -0.1) is 0 Å². The third-order valence-corrected chi connectivity index (χ3v) is 10.5. The van der Waals surface area contributed by atoms with Gasteiger partial charge >= 0.3 is 11.9 Å². The van der Waals surface area contributed by atoms with Crippen LogP contribution >= 0.6 is 0 Å². The molecule has 1 fully saturated rings. The van der Waals surface area contributed by atoms with Crippen molar-refractivity contribution in [3.63, 3.8) is 0 Å². The molecule has 6 atom stereocenters. The average Bonchev–Trinajstić information content (AvgIpc) is 3.15. The van der Waals surface area contributed by atoms with Gasteiger partial charge in [0.25, 0.3) is 0 Å². The molecule has 1 rings (SSSR count). The molecule has 314 valence electrons. The Labute approximate surface area is 323 Å². The van der Waals surface area contributed by atoms with Crippen LogP contribution in [0.2, 0.25) is 0 Å². The summed E-state index contributed by atoms with van der Waals surface area (Å²) in [7, 11) is 0. The lowest BCUT2D eigenvalue weighted by molar-refractivity contribution is -0.308. The lowest BCUT2D eigenvalue weighted by Gasteiger charge is -2.41. The summed E-state index contributed by atoms with van der Waals surface area (Å²) in [5.74, 6) is -0.927. The van der Waals surface area contributed by atoms with Gasteiger partial charge in [0.2, 0.25) is 0 Å². The first kappa shape index (κ1) is 49.7. The second-order valence-corrected chi connectivity index (χ2v) is 15.5. The molecule has 0 amide bonds. The van der Waals surface area contributed by atoms with Gasteiger partial charge in [0, 0.05) is 12.8 Å². The predicted octanol–water partition coefficient (Wildman–Crippen LogP) is 9.00. The van der Waals surface area contributed by atoms with Crippen molar-refractivity contribution in [3.8, 4) is 0 Å². The zero-order chi connectivity index (χ0) is 38.8. The van der Waals surface area contributed by atoms with Crippen LogP contribution in [0, 0.1) is 0 Å². The highest BCUT2D eigenvalue weighted by Gasteiger charge is 2.47. The van der Waals surface area contributed by atoms with Crippen molar-refractivity contribution in [1.82, 2.24) is 0 Å². The molecule has 1 saturated heterocycles. The zero-order valence-electron chi connectivity index (χ0n) is 34.0. The van der Waals surface area contributed by atoms with Crippen LogP contribution in [0.3, 0.4) is 0 Å². The third-order valence-electron chi connectivity index (χ3n) is 10.5. The summed E-state index contributed by atoms with van der Waals surface area (Å²) < 4.78 is 21.9. The molecule has 0 spiro atoms. The van der Waals surface area contributed by atoms with Gasteiger partial charge in [0.05, 0.1) is 13.2 Å². The van der Waals surface area contributed by atoms with Crippen molar-refractivity contribution >= 4 is 11.9 Å². The predicted molar refractivity (Wildman–Crippen MR) is 210 cm³/mol. The molecule has 0 bridgehead atoms. The number of aliphatic hydroxyl groups excluding tert-OH is 4. The molecular weight excluding hydrogens is 676 g/mol. The molecular formula is C43H82O10. The SMILES string of the molecule is CCCCCCCCCCCCCCCCCC(=O)O[C@H]1[C@@H](OC[C@H](O)COC(=O)CCCCCCCCCCCCCCC)O[C@H](CO)[C@H](O)[C@@H]1O. The lowest BCUT2D eigenvalue weighted by Crippen LogP contribution is -2.60. The first-order valence-corrected chi connectivity index (χ1v) is 22.1. The summed E-state index contributed by atoms with van der Waals surface area (Å²) in [5, 5.41) is 41.1. The summed E-state index contributed by atoms with van der Waals surface area (Å²) >= 11 is 0. The van der Waals surface area contributed by atoms with Crippen LogP contribution in [-0.2, 0) is 28.5 Å². The number of hydrogen-bond acceptors (Lipinski definition) is 10. The number of rotatable bonds is 37. The maximum atomic E-state index is 12.7. The van der Waals surface area contributed by atoms with E-state index in [9.17, 15) is 30.0 Å². The first-order chi connectivity index (χ1) is 25.8. The van der Waals surface area contributed by atoms with Gasteiger partial charge in [-0.1, -0.05) is 181 Å². The van der Waals surface area contributed by atoms with Crippen LogP contribution in [0.1, 0.15) is 206 Å². The Morgan fingerprint density at radius 3 is 1.32 bits per heavy atom. The van der Waals surface area contributed by atoms with Gasteiger partial charge in [-0.3, -0.25) is 9.59 Å². The van der Waals surface area contributed by atoms with Gasteiger partial charge in [-0.25, -0.2) is 0 Å². The normalized spacial score (nSPS) is 20.8. The number of ether oxygens (including phenoxy) is 4. The Kier molecular flexibility index (Phi) is 33.0. The molecule has 0 aromatic heterocycles. The number of carbonyl (C=O) groups excluding carboxylic acids is 2. The topological polar surface area (TPSA) is 152 Å². The van der Waals surface area contributed by atoms with E-state index < -0.39 is 49.4 Å². The molecule has 1 aliphatic rings. The van der Waals surface area contributed by atoms with E-state index in [1.54, 1.807) is 0 Å². The molecule has 10 heteroatoms. The van der Waals surface area contributed by atoms with E-state index in [0.717, 1.165) is 38.5 Å². The summed E-state index contributed by atoms with van der Waals surface area (Å²) in [6.07, 6.45) is 26.6. The van der Waals surface area contributed by atoms with Crippen molar-refractivity contribution < 1.29 is 49.0 Å². The quantitative estimate of drug-likeness (QED) is 0.0357. The third kappa shape index (κ3) is 27.0. The fraction of sp³-hybridized carbons (Fsp3) is 0.953. The number of carbonyl (C=O) groups is 2. The second kappa shape index (κ2) is 35.1. The van der Waals surface area contributed by atoms with Gasteiger partial charge < -0.3 is 39.4 Å². The van der Waals surface area contributed by atoms with E-state index in [4.69, 9.17) is 18.9 Å². The Morgan fingerprint density at radius 2 is 0.925 bits per heavy atom. The smallest absolute Gasteiger partial charge is 0.306 e. The lowest BCUT2D eigenvalue weighted by atomic mass is 9.99. The van der Waals surface area contributed by atoms with Crippen molar-refractivity contribution in [1.29, 1.82) is 0 Å². The van der Waals surface area contributed by atoms with E-state index in [1.807, 2.05) is 0 Å². The number of esters is 2. The number of aliphatic hydroxyl groups is 4. The molecule has 0 aromatic rings. The minimum atomic E-state index is -1.55. The standard InChI is InChI=1S/C43H82O10/c1-3-5-7-9-11-13-15-17-18-20-22-24-26-28-30-32-39(47)53-42-41(49)40(48)37(33-44)52-43(42)51-35-36(45)34-50-38(46)31-29-27-25-23-21-19-16-14-12-10-8-6-4-2/h36-37,40-45,48-49H,3-35H2,1-2H3/t36-,37-,40+,41+,42-,43+/m1/s1. The van der Waals surface area contributed by atoms with Gasteiger partial charge in [-0.05, 0) is 12.8 Å². The largest absolute Gasteiger partial charge is 0.463 e. The molecule has 0 aliphatic carbocycles. The Bertz CT molecular complexity index is 842. The fourth-order valence-electron chi connectivity index (χ4n) is 6.97. The van der Waals surface area contributed by atoms with Crippen molar-refractivity contribution in [2.24, 2.45) is 0 Å². The molecule has 53 heavy (non-hydrogen) atoms. The van der Waals surface area contributed by atoms with Crippen molar-refractivity contribution in [3.05, 3.63) is 0 Å². The monoisotopic (exact) mass is 759 g/mol. The molecule has 0 aromatic carbocycles. The Hall–Kier alpha value is -1.30. The van der Waals surface area contributed by atoms with Crippen LogP contribution in [0.5, 0.6) is 0 Å².